The van der Waals surface area contributed by atoms with Gasteiger partial charge in [0.25, 0.3) is 5.91 Å². The molecule has 0 bridgehead atoms. The van der Waals surface area contributed by atoms with Gasteiger partial charge in [-0.3, -0.25) is 9.59 Å². The third kappa shape index (κ3) is 3.80. The van der Waals surface area contributed by atoms with Crippen LogP contribution in [0.4, 0.5) is 5.69 Å². The lowest BCUT2D eigenvalue weighted by Gasteiger charge is -2.05. The van der Waals surface area contributed by atoms with Crippen molar-refractivity contribution in [2.75, 3.05) is 5.32 Å². The lowest BCUT2D eigenvalue weighted by molar-refractivity contribution is -0.111. The summed E-state index contributed by atoms with van der Waals surface area (Å²) in [5.41, 5.74) is 1.87. The molecule has 0 aliphatic carbocycles. The first-order valence-electron chi connectivity index (χ1n) is 7.27. The maximum atomic E-state index is 12.2. The Morgan fingerprint density at radius 1 is 1.04 bits per heavy atom. The molecule has 24 heavy (non-hydrogen) atoms. The van der Waals surface area contributed by atoms with Gasteiger partial charge < -0.3 is 5.32 Å². The molecule has 1 aromatic heterocycles. The van der Waals surface area contributed by atoms with Gasteiger partial charge in [-0.1, -0.05) is 41.6 Å². The van der Waals surface area contributed by atoms with Crippen molar-refractivity contribution in [3.8, 4) is 0 Å². The fourth-order valence-corrected chi connectivity index (χ4v) is 2.10. The van der Waals surface area contributed by atoms with Crippen LogP contribution < -0.4 is 5.32 Å². The molecule has 6 nitrogen and oxygen atoms in total. The third-order valence-electron chi connectivity index (χ3n) is 3.23. The second kappa shape index (κ2) is 7.15. The lowest BCUT2D eigenvalue weighted by Crippen LogP contribution is -2.14. The van der Waals surface area contributed by atoms with Crippen LogP contribution in [0.5, 0.6) is 0 Å². The van der Waals surface area contributed by atoms with Gasteiger partial charge in [0.05, 0.1) is 12.4 Å². The highest BCUT2D eigenvalue weighted by Gasteiger charge is 2.10. The zero-order valence-electron chi connectivity index (χ0n) is 12.7. The normalized spacial score (nSPS) is 10.7. The fraction of sp³-hybridized carbons (Fsp3) is 0. The smallest absolute Gasteiger partial charge is 0.279 e. The summed E-state index contributed by atoms with van der Waals surface area (Å²) in [4.78, 5) is 24.2. The molecular weight excluding hydrogens is 304 g/mol. The van der Waals surface area contributed by atoms with Crippen LogP contribution in [0.2, 0.25) is 0 Å². The molecule has 1 amide bonds. The van der Waals surface area contributed by atoms with E-state index in [1.54, 1.807) is 30.3 Å². The van der Waals surface area contributed by atoms with Gasteiger partial charge in [0.2, 0.25) is 5.91 Å². The zero-order valence-corrected chi connectivity index (χ0v) is 12.7. The van der Waals surface area contributed by atoms with Crippen molar-refractivity contribution in [1.29, 1.82) is 0 Å². The predicted octanol–water partition coefficient (Wildman–Crippen LogP) is 2.62. The number of hydrogen-bond acceptors (Lipinski definition) is 4. The van der Waals surface area contributed by atoms with Gasteiger partial charge in [0.1, 0.15) is 0 Å². The number of anilines is 1. The number of aromatic nitrogens is 3. The van der Waals surface area contributed by atoms with E-state index in [-0.39, 0.29) is 11.8 Å². The van der Waals surface area contributed by atoms with Gasteiger partial charge in [-0.2, -0.15) is 4.68 Å². The molecule has 3 rings (SSSR count). The SMILES string of the molecule is O=C(/C=C/c1ccccc1)Nc1cccc(C(=O)n2ccnn2)c1. The van der Waals surface area contributed by atoms with Crippen LogP contribution in [-0.2, 0) is 4.79 Å². The minimum atomic E-state index is -0.316. The Kier molecular flexibility index (Phi) is 4.57. The summed E-state index contributed by atoms with van der Waals surface area (Å²) in [5.74, 6) is -0.590. The topological polar surface area (TPSA) is 76.9 Å². The van der Waals surface area contributed by atoms with Gasteiger partial charge in [0.15, 0.2) is 0 Å². The molecule has 0 unspecified atom stereocenters. The van der Waals surface area contributed by atoms with E-state index in [1.807, 2.05) is 30.3 Å². The van der Waals surface area contributed by atoms with Gasteiger partial charge in [-0.25, -0.2) is 0 Å². The number of benzene rings is 2. The molecule has 1 N–H and O–H groups in total. The van der Waals surface area contributed by atoms with Crippen LogP contribution in [0, 0.1) is 0 Å². The highest BCUT2D eigenvalue weighted by atomic mass is 16.2. The van der Waals surface area contributed by atoms with Gasteiger partial charge >= 0.3 is 0 Å². The Morgan fingerprint density at radius 3 is 2.62 bits per heavy atom. The molecule has 0 saturated heterocycles. The van der Waals surface area contributed by atoms with Crippen molar-refractivity contribution in [2.24, 2.45) is 0 Å². The van der Waals surface area contributed by atoms with Gasteiger partial charge in [0, 0.05) is 17.3 Å². The number of carbonyl (C=O) groups excluding carboxylic acids is 2. The maximum absolute atomic E-state index is 12.2. The molecule has 0 atom stereocenters. The maximum Gasteiger partial charge on any atom is 0.279 e. The monoisotopic (exact) mass is 318 g/mol. The van der Waals surface area contributed by atoms with Crippen molar-refractivity contribution in [3.63, 3.8) is 0 Å². The van der Waals surface area contributed by atoms with Crippen LogP contribution in [-0.4, -0.2) is 26.8 Å². The molecule has 2 aromatic carbocycles. The molecule has 0 aliphatic heterocycles. The average molecular weight is 318 g/mol. The Labute approximate surface area is 138 Å². The van der Waals surface area contributed by atoms with E-state index in [1.165, 1.54) is 18.5 Å². The van der Waals surface area contributed by atoms with Gasteiger partial charge in [-0.05, 0) is 29.8 Å². The van der Waals surface area contributed by atoms with E-state index >= 15 is 0 Å². The Balaban J connectivity index is 1.69. The molecule has 0 saturated carbocycles. The summed E-state index contributed by atoms with van der Waals surface area (Å²) < 4.78 is 1.14. The predicted molar refractivity (Wildman–Crippen MR) is 90.3 cm³/mol. The van der Waals surface area contributed by atoms with Crippen molar-refractivity contribution in [1.82, 2.24) is 15.0 Å². The lowest BCUT2D eigenvalue weighted by atomic mass is 10.2. The Bertz CT molecular complexity index is 871. The second-order valence-corrected chi connectivity index (χ2v) is 4.97. The van der Waals surface area contributed by atoms with E-state index < -0.39 is 0 Å². The molecule has 0 spiro atoms. The van der Waals surface area contributed by atoms with E-state index in [9.17, 15) is 9.59 Å². The van der Waals surface area contributed by atoms with Crippen LogP contribution in [0.25, 0.3) is 6.08 Å². The molecule has 118 valence electrons. The summed E-state index contributed by atoms with van der Waals surface area (Å²) in [5, 5.41) is 10.0. The number of nitrogens with zero attached hydrogens (tertiary/aromatic N) is 3. The molecular formula is C18H14N4O2. The van der Waals surface area contributed by atoms with Crippen molar-refractivity contribution < 1.29 is 9.59 Å². The zero-order chi connectivity index (χ0) is 16.8. The summed E-state index contributed by atoms with van der Waals surface area (Å²) in [6.07, 6.45) is 6.06. The third-order valence-corrected chi connectivity index (χ3v) is 3.23. The second-order valence-electron chi connectivity index (χ2n) is 4.97. The number of amides is 1. The van der Waals surface area contributed by atoms with E-state index in [0.717, 1.165) is 10.2 Å². The van der Waals surface area contributed by atoms with Crippen molar-refractivity contribution in [2.45, 2.75) is 0 Å². The highest BCUT2D eigenvalue weighted by molar-refractivity contribution is 6.03. The number of hydrogen-bond donors (Lipinski definition) is 1. The Hall–Kier alpha value is -3.54. The molecule has 0 fully saturated rings. The number of rotatable bonds is 4. The van der Waals surface area contributed by atoms with E-state index in [4.69, 9.17) is 0 Å². The minimum absolute atomic E-state index is 0.274. The largest absolute Gasteiger partial charge is 0.322 e. The van der Waals surface area contributed by atoms with E-state index in [2.05, 4.69) is 15.6 Å². The van der Waals surface area contributed by atoms with E-state index in [0.29, 0.717) is 11.3 Å². The van der Waals surface area contributed by atoms with Crippen LogP contribution >= 0.6 is 0 Å². The molecule has 3 aromatic rings. The summed E-state index contributed by atoms with van der Waals surface area (Å²) in [6.45, 7) is 0. The van der Waals surface area contributed by atoms with Crippen LogP contribution in [0.15, 0.2) is 73.1 Å². The standard InChI is InChI=1S/C18H14N4O2/c23-17(10-9-14-5-2-1-3-6-14)20-16-8-4-7-15(13-16)18(24)22-12-11-19-21-22/h1-13H,(H,20,23)/b10-9+. The quantitative estimate of drug-likeness (QED) is 0.750. The summed E-state index contributed by atoms with van der Waals surface area (Å²) >= 11 is 0. The fourth-order valence-electron chi connectivity index (χ4n) is 2.10. The molecule has 1 heterocycles. The molecule has 0 radical (unpaired) electrons. The first kappa shape index (κ1) is 15.4. The van der Waals surface area contributed by atoms with Crippen molar-refractivity contribution >= 4 is 23.6 Å². The van der Waals surface area contributed by atoms with Gasteiger partial charge in [-0.15, -0.1) is 5.10 Å². The molecule has 0 aliphatic rings. The first-order valence-corrected chi connectivity index (χ1v) is 7.27. The Morgan fingerprint density at radius 2 is 1.88 bits per heavy atom. The number of carbonyl (C=O) groups is 2. The van der Waals surface area contributed by atoms with Crippen molar-refractivity contribution in [3.05, 3.63) is 84.2 Å². The van der Waals surface area contributed by atoms with Crippen LogP contribution in [0.3, 0.4) is 0 Å². The van der Waals surface area contributed by atoms with Crippen LogP contribution in [0.1, 0.15) is 15.9 Å². The first-order chi connectivity index (χ1) is 11.7. The molecule has 6 heteroatoms. The minimum Gasteiger partial charge on any atom is -0.322 e. The number of nitrogens with one attached hydrogen (secondary N) is 1. The highest BCUT2D eigenvalue weighted by Crippen LogP contribution is 2.12. The summed E-state index contributed by atoms with van der Waals surface area (Å²) in [7, 11) is 0. The average Bonchev–Trinajstić information content (AvgIpc) is 3.15. The summed E-state index contributed by atoms with van der Waals surface area (Å²) in [6, 6.07) is 16.2.